The van der Waals surface area contributed by atoms with Crippen molar-refractivity contribution in [2.45, 2.75) is 0 Å². The average molecular weight is 97.1 g/mol. The van der Waals surface area contributed by atoms with Crippen LogP contribution in [-0.4, -0.2) is 15.3 Å². The highest BCUT2D eigenvalue weighted by Crippen LogP contribution is 1.48. The molecule has 0 saturated carbocycles. The molecule has 36 valence electrons. The Morgan fingerprint density at radius 2 is 2.43 bits per heavy atom. The third-order valence-electron chi connectivity index (χ3n) is 0.545. The summed E-state index contributed by atoms with van der Waals surface area (Å²) >= 11 is 0. The van der Waals surface area contributed by atoms with E-state index in [1.54, 1.807) is 13.4 Å². The molecule has 4 nitrogen and oxygen atoms in total. The lowest BCUT2D eigenvalue weighted by atomic mass is 11.1. The second-order valence-electron chi connectivity index (χ2n) is 1.16. The van der Waals surface area contributed by atoms with Gasteiger partial charge in [-0.15, -0.1) is 4.68 Å². The van der Waals surface area contributed by atoms with Gasteiger partial charge in [-0.1, -0.05) is 4.98 Å². The van der Waals surface area contributed by atoms with Gasteiger partial charge in [-0.3, -0.25) is 0 Å². The number of aromatic nitrogens is 4. The van der Waals surface area contributed by atoms with Crippen molar-refractivity contribution >= 4 is 0 Å². The van der Waals surface area contributed by atoms with Crippen molar-refractivity contribution in [3.05, 3.63) is 12.7 Å². The maximum Gasteiger partial charge on any atom is 0.289 e. The summed E-state index contributed by atoms with van der Waals surface area (Å²) < 4.78 is 1.53. The molecule has 0 atom stereocenters. The lowest BCUT2D eigenvalue weighted by molar-refractivity contribution is -0.739. The molecule has 1 aromatic rings. The minimum atomic E-state index is 1.39. The summed E-state index contributed by atoms with van der Waals surface area (Å²) in [4.78, 5) is 3.67. The first-order valence-corrected chi connectivity index (χ1v) is 1.88. The number of aryl methyl sites for hydroxylation is 1. The van der Waals surface area contributed by atoms with Crippen molar-refractivity contribution < 1.29 is 4.68 Å². The molecule has 0 aliphatic carbocycles. The van der Waals surface area contributed by atoms with Gasteiger partial charge in [-0.05, 0) is 0 Å². The third kappa shape index (κ3) is 0.887. The molecule has 0 fully saturated rings. The Balaban J connectivity index is 3.02. The van der Waals surface area contributed by atoms with Gasteiger partial charge in [0.1, 0.15) is 0 Å². The van der Waals surface area contributed by atoms with Crippen LogP contribution in [0.1, 0.15) is 0 Å². The Labute approximate surface area is 40.8 Å². The summed E-state index contributed by atoms with van der Waals surface area (Å²) in [7, 11) is 1.76. The largest absolute Gasteiger partial charge is 0.289 e. The number of hydrogen-bond donors (Lipinski definition) is 0. The molecule has 0 aliphatic heterocycles. The second-order valence-corrected chi connectivity index (χ2v) is 1.16. The zero-order valence-corrected chi connectivity index (χ0v) is 3.94. The van der Waals surface area contributed by atoms with E-state index in [4.69, 9.17) is 0 Å². The van der Waals surface area contributed by atoms with Gasteiger partial charge in [0.2, 0.25) is 6.33 Å². The third-order valence-corrected chi connectivity index (χ3v) is 0.545. The van der Waals surface area contributed by atoms with Gasteiger partial charge in [-0.25, -0.2) is 0 Å². The molecule has 1 rings (SSSR count). The van der Waals surface area contributed by atoms with E-state index in [1.807, 2.05) is 0 Å². The molecular formula is C3H5N4+. The average Bonchev–Trinajstić information content (AvgIpc) is 1.69. The highest BCUT2D eigenvalue weighted by atomic mass is 15.4. The van der Waals surface area contributed by atoms with Crippen LogP contribution in [0, 0.1) is 0 Å². The fraction of sp³-hybridized carbons (Fsp3) is 0.333. The van der Waals surface area contributed by atoms with Crippen molar-refractivity contribution in [1.29, 1.82) is 0 Å². The van der Waals surface area contributed by atoms with Crippen LogP contribution in [0.15, 0.2) is 12.7 Å². The first-order valence-electron chi connectivity index (χ1n) is 1.88. The quantitative estimate of drug-likeness (QED) is 0.378. The number of hydrogen-bond acceptors (Lipinski definition) is 3. The van der Waals surface area contributed by atoms with Crippen LogP contribution in [0.4, 0.5) is 0 Å². The molecule has 0 spiro atoms. The van der Waals surface area contributed by atoms with Crippen molar-refractivity contribution in [3.8, 4) is 0 Å². The van der Waals surface area contributed by atoms with E-state index < -0.39 is 0 Å². The maximum atomic E-state index is 3.67. The predicted molar refractivity (Wildman–Crippen MR) is 21.0 cm³/mol. The molecular weight excluding hydrogens is 92.1 g/mol. The van der Waals surface area contributed by atoms with E-state index >= 15 is 0 Å². The van der Waals surface area contributed by atoms with E-state index in [2.05, 4.69) is 15.3 Å². The first kappa shape index (κ1) is 4.11. The van der Waals surface area contributed by atoms with Crippen molar-refractivity contribution in [1.82, 2.24) is 15.3 Å². The molecule has 7 heavy (non-hydrogen) atoms. The van der Waals surface area contributed by atoms with E-state index in [0.717, 1.165) is 0 Å². The van der Waals surface area contributed by atoms with Gasteiger partial charge >= 0.3 is 0 Å². The van der Waals surface area contributed by atoms with E-state index in [1.165, 1.54) is 11.0 Å². The smallest absolute Gasteiger partial charge is 0.145 e. The fourth-order valence-corrected chi connectivity index (χ4v) is 0.284. The molecule has 4 heteroatoms. The number of nitrogens with zero attached hydrogens (tertiary/aromatic N) is 4. The van der Waals surface area contributed by atoms with Gasteiger partial charge in [0.05, 0.1) is 12.3 Å². The van der Waals surface area contributed by atoms with Gasteiger partial charge in [0, 0.05) is 5.10 Å². The molecule has 0 amide bonds. The lowest BCUT2D eigenvalue weighted by Gasteiger charge is -1.74. The van der Waals surface area contributed by atoms with Crippen LogP contribution < -0.4 is 4.68 Å². The molecule has 0 N–H and O–H groups in total. The minimum absolute atomic E-state index is 1.39. The van der Waals surface area contributed by atoms with Gasteiger partial charge in [0.15, 0.2) is 0 Å². The Morgan fingerprint density at radius 1 is 1.57 bits per heavy atom. The van der Waals surface area contributed by atoms with Crippen LogP contribution in [0.25, 0.3) is 0 Å². The van der Waals surface area contributed by atoms with Gasteiger partial charge in [0.25, 0.3) is 6.33 Å². The topological polar surface area (TPSA) is 42.5 Å². The highest BCUT2D eigenvalue weighted by Gasteiger charge is 1.82. The van der Waals surface area contributed by atoms with Crippen LogP contribution in [0.5, 0.6) is 0 Å². The van der Waals surface area contributed by atoms with Crippen molar-refractivity contribution in [2.75, 3.05) is 0 Å². The standard InChI is InChI=1S/C3H5N4/c1-7-3-4-2-5-6-7/h2-3H,1H3/q+1. The van der Waals surface area contributed by atoms with E-state index in [-0.39, 0.29) is 0 Å². The molecule has 1 heterocycles. The zero-order valence-electron chi connectivity index (χ0n) is 3.94. The zero-order chi connectivity index (χ0) is 5.11. The highest BCUT2D eigenvalue weighted by molar-refractivity contribution is 4.32. The SMILES string of the molecule is C[n+]1cncnn1. The molecule has 0 unspecified atom stereocenters. The maximum absolute atomic E-state index is 3.67. The fourth-order valence-electron chi connectivity index (χ4n) is 0.284. The Bertz CT molecular complexity index is 137. The predicted octanol–water partition coefficient (Wildman–Crippen LogP) is -1.30. The van der Waals surface area contributed by atoms with Crippen LogP contribution in [-0.2, 0) is 7.05 Å². The van der Waals surface area contributed by atoms with E-state index in [9.17, 15) is 0 Å². The molecule has 0 radical (unpaired) electrons. The summed E-state index contributed by atoms with van der Waals surface area (Å²) in [5.41, 5.74) is 0. The monoisotopic (exact) mass is 97.1 g/mol. The van der Waals surface area contributed by atoms with Crippen LogP contribution in [0.2, 0.25) is 0 Å². The normalized spacial score (nSPS) is 8.71. The minimum Gasteiger partial charge on any atom is -0.145 e. The second kappa shape index (κ2) is 1.59. The lowest BCUT2D eigenvalue weighted by Crippen LogP contribution is -2.33. The summed E-state index contributed by atoms with van der Waals surface area (Å²) in [6.45, 7) is 0. The summed E-state index contributed by atoms with van der Waals surface area (Å²) in [6.07, 6.45) is 2.97. The van der Waals surface area contributed by atoms with Crippen molar-refractivity contribution in [3.63, 3.8) is 0 Å². The van der Waals surface area contributed by atoms with E-state index in [0.29, 0.717) is 0 Å². The summed E-state index contributed by atoms with van der Waals surface area (Å²) in [5.74, 6) is 0. The number of rotatable bonds is 0. The Hall–Kier alpha value is -1.06. The van der Waals surface area contributed by atoms with Crippen molar-refractivity contribution in [2.24, 2.45) is 7.05 Å². The molecule has 0 saturated heterocycles. The van der Waals surface area contributed by atoms with Gasteiger partial charge < -0.3 is 0 Å². The van der Waals surface area contributed by atoms with Gasteiger partial charge in [-0.2, -0.15) is 0 Å². The molecule has 0 aliphatic rings. The van der Waals surface area contributed by atoms with Crippen LogP contribution >= 0.6 is 0 Å². The Kier molecular flexibility index (Phi) is 0.934. The Morgan fingerprint density at radius 3 is 2.71 bits per heavy atom. The molecule has 1 aromatic heterocycles. The summed E-state index contributed by atoms with van der Waals surface area (Å²) in [5, 5.41) is 7.07. The van der Waals surface area contributed by atoms with Crippen LogP contribution in [0.3, 0.4) is 0 Å². The molecule has 0 aromatic carbocycles. The first-order chi connectivity index (χ1) is 3.39. The molecule has 0 bridgehead atoms. The summed E-state index contributed by atoms with van der Waals surface area (Å²) in [6, 6.07) is 0.